The normalized spacial score (nSPS) is 27.2. The Morgan fingerprint density at radius 1 is 1.19 bits per heavy atom. The highest BCUT2D eigenvalue weighted by molar-refractivity contribution is 5.23. The molecule has 2 N–H and O–H groups in total. The van der Waals surface area contributed by atoms with E-state index in [1.165, 1.54) is 4.57 Å². The summed E-state index contributed by atoms with van der Waals surface area (Å²) in [5.41, 5.74) is 1.12. The number of nitrogens with one attached hydrogen (secondary N) is 1. The number of aliphatic hydroxyl groups is 1. The highest BCUT2D eigenvalue weighted by Crippen LogP contribution is 2.37. The van der Waals surface area contributed by atoms with Gasteiger partial charge in [0, 0.05) is 25.2 Å². The van der Waals surface area contributed by atoms with E-state index in [2.05, 4.69) is 10.3 Å². The van der Waals surface area contributed by atoms with Crippen molar-refractivity contribution >= 4 is 0 Å². The summed E-state index contributed by atoms with van der Waals surface area (Å²) in [5.74, 6) is -0.845. The predicted octanol–water partition coefficient (Wildman–Crippen LogP) is 2.41. The molecule has 1 saturated carbocycles. The van der Waals surface area contributed by atoms with Crippen LogP contribution in [-0.2, 0) is 19.1 Å². The Kier molecular flexibility index (Phi) is 3.96. The number of imidazole rings is 1. The van der Waals surface area contributed by atoms with Crippen molar-refractivity contribution in [2.24, 2.45) is 0 Å². The molecule has 1 aromatic rings. The number of halogens is 3. The Labute approximate surface area is 121 Å². The fourth-order valence-electron chi connectivity index (χ4n) is 3.46. The maximum Gasteiger partial charge on any atom is 0.449 e. The number of fused-ring (bicyclic) bond motifs is 1. The van der Waals surface area contributed by atoms with Crippen molar-refractivity contribution in [2.45, 2.75) is 63.4 Å². The van der Waals surface area contributed by atoms with Gasteiger partial charge < -0.3 is 15.0 Å². The van der Waals surface area contributed by atoms with E-state index in [1.807, 2.05) is 0 Å². The second-order valence-corrected chi connectivity index (χ2v) is 5.90. The van der Waals surface area contributed by atoms with E-state index in [9.17, 15) is 18.3 Å². The third kappa shape index (κ3) is 2.81. The molecule has 0 aromatic carbocycles. The Bertz CT molecular complexity index is 512. The molecule has 2 heterocycles. The zero-order chi connectivity index (χ0) is 15.0. The van der Waals surface area contributed by atoms with Gasteiger partial charge in [-0.3, -0.25) is 0 Å². The summed E-state index contributed by atoms with van der Waals surface area (Å²) in [6.07, 6.45) is -0.838. The Morgan fingerprint density at radius 2 is 1.95 bits per heavy atom. The van der Waals surface area contributed by atoms with Crippen LogP contribution in [0.4, 0.5) is 13.2 Å². The van der Waals surface area contributed by atoms with Crippen molar-refractivity contribution < 1.29 is 18.3 Å². The van der Waals surface area contributed by atoms with Crippen LogP contribution >= 0.6 is 0 Å². The first-order valence-electron chi connectivity index (χ1n) is 7.54. The van der Waals surface area contributed by atoms with E-state index in [4.69, 9.17) is 0 Å². The highest BCUT2D eigenvalue weighted by Gasteiger charge is 2.42. The summed E-state index contributed by atoms with van der Waals surface area (Å²) in [5, 5.41) is 13.3. The molecule has 0 bridgehead atoms. The van der Waals surface area contributed by atoms with Gasteiger partial charge in [0.1, 0.15) is 0 Å². The van der Waals surface area contributed by atoms with E-state index < -0.39 is 24.1 Å². The van der Waals surface area contributed by atoms with E-state index in [0.29, 0.717) is 43.7 Å². The van der Waals surface area contributed by atoms with Gasteiger partial charge in [-0.1, -0.05) is 19.3 Å². The summed E-state index contributed by atoms with van der Waals surface area (Å²) in [6.45, 7) is 1.02. The smallest absolute Gasteiger partial charge is 0.391 e. The fraction of sp³-hybridized carbons (Fsp3) is 0.786. The van der Waals surface area contributed by atoms with Crippen LogP contribution in [0.5, 0.6) is 0 Å². The zero-order valence-electron chi connectivity index (χ0n) is 11.8. The van der Waals surface area contributed by atoms with Crippen LogP contribution in [0, 0.1) is 0 Å². The number of aromatic nitrogens is 2. The summed E-state index contributed by atoms with van der Waals surface area (Å²) in [6, 6.07) is -0.501. The number of hydrogen-bond donors (Lipinski definition) is 2. The van der Waals surface area contributed by atoms with Crippen LogP contribution in [0.25, 0.3) is 0 Å². The van der Waals surface area contributed by atoms with Crippen LogP contribution in [0.3, 0.4) is 0 Å². The molecule has 4 nitrogen and oxygen atoms in total. The van der Waals surface area contributed by atoms with Gasteiger partial charge in [-0.05, 0) is 12.8 Å². The molecule has 0 spiro atoms. The number of nitrogens with zero attached hydrogens (tertiary/aromatic N) is 2. The van der Waals surface area contributed by atoms with E-state index in [-0.39, 0.29) is 0 Å². The van der Waals surface area contributed by atoms with Crippen molar-refractivity contribution in [3.05, 3.63) is 17.2 Å². The molecule has 1 fully saturated rings. The predicted molar refractivity (Wildman–Crippen MR) is 70.8 cm³/mol. The van der Waals surface area contributed by atoms with Gasteiger partial charge in [0.25, 0.3) is 0 Å². The molecular weight excluding hydrogens is 283 g/mol. The molecule has 1 aromatic heterocycles. The number of rotatable bonds is 1. The topological polar surface area (TPSA) is 50.1 Å². The molecule has 2 unspecified atom stereocenters. The molecule has 118 valence electrons. The Morgan fingerprint density at radius 3 is 2.71 bits per heavy atom. The largest absolute Gasteiger partial charge is 0.449 e. The minimum absolute atomic E-state index is 0.369. The first-order chi connectivity index (χ1) is 9.98. The molecule has 0 radical (unpaired) electrons. The molecule has 7 heteroatoms. The Balaban J connectivity index is 2.08. The van der Waals surface area contributed by atoms with Crippen molar-refractivity contribution in [2.75, 3.05) is 6.54 Å². The van der Waals surface area contributed by atoms with E-state index in [0.717, 1.165) is 19.3 Å². The van der Waals surface area contributed by atoms with Crippen molar-refractivity contribution in [3.63, 3.8) is 0 Å². The highest BCUT2D eigenvalue weighted by atomic mass is 19.4. The average molecular weight is 303 g/mol. The van der Waals surface area contributed by atoms with Gasteiger partial charge in [0.15, 0.2) is 0 Å². The molecule has 1 aliphatic carbocycles. The van der Waals surface area contributed by atoms with Gasteiger partial charge in [0.2, 0.25) is 5.82 Å². The lowest BCUT2D eigenvalue weighted by atomic mass is 10.0. The van der Waals surface area contributed by atoms with Crippen molar-refractivity contribution in [1.82, 2.24) is 14.9 Å². The SMILES string of the molecule is OC1CCCCCC1n1c(C(F)(F)F)nc2c1CCNC2. The zero-order valence-corrected chi connectivity index (χ0v) is 11.8. The lowest BCUT2D eigenvalue weighted by Crippen LogP contribution is -2.31. The molecule has 0 amide bonds. The molecule has 0 saturated heterocycles. The van der Waals surface area contributed by atoms with Crippen molar-refractivity contribution in [1.29, 1.82) is 0 Å². The van der Waals surface area contributed by atoms with Gasteiger partial charge in [-0.2, -0.15) is 13.2 Å². The van der Waals surface area contributed by atoms with Crippen molar-refractivity contribution in [3.8, 4) is 0 Å². The maximum atomic E-state index is 13.3. The summed E-state index contributed by atoms with van der Waals surface area (Å²) in [4.78, 5) is 3.83. The lowest BCUT2D eigenvalue weighted by molar-refractivity contribution is -0.149. The molecule has 21 heavy (non-hydrogen) atoms. The molecule has 2 aliphatic rings. The standard InChI is InChI=1S/C14H20F3N3O/c15-14(16,17)13-19-9-8-18-7-6-10(9)20(13)11-4-2-1-3-5-12(11)21/h11-12,18,21H,1-8H2. The molecule has 2 atom stereocenters. The van der Waals surface area contributed by atoms with E-state index in [1.54, 1.807) is 0 Å². The molecular formula is C14H20F3N3O. The van der Waals surface area contributed by atoms with Crippen LogP contribution in [0.15, 0.2) is 0 Å². The molecule has 3 rings (SSSR count). The van der Waals surface area contributed by atoms with Crippen LogP contribution in [0.2, 0.25) is 0 Å². The summed E-state index contributed by atoms with van der Waals surface area (Å²) < 4.78 is 41.3. The summed E-state index contributed by atoms with van der Waals surface area (Å²) in [7, 11) is 0. The second kappa shape index (κ2) is 5.61. The number of hydrogen-bond acceptors (Lipinski definition) is 3. The number of alkyl halides is 3. The van der Waals surface area contributed by atoms with Gasteiger partial charge in [0.05, 0.1) is 17.8 Å². The first kappa shape index (κ1) is 14.8. The minimum atomic E-state index is -4.48. The van der Waals surface area contributed by atoms with E-state index >= 15 is 0 Å². The summed E-state index contributed by atoms with van der Waals surface area (Å²) >= 11 is 0. The average Bonchev–Trinajstić information content (AvgIpc) is 2.70. The van der Waals surface area contributed by atoms with Gasteiger partial charge >= 0.3 is 6.18 Å². The fourth-order valence-corrected chi connectivity index (χ4v) is 3.46. The van der Waals surface area contributed by atoms with Gasteiger partial charge in [-0.25, -0.2) is 4.98 Å². The second-order valence-electron chi connectivity index (χ2n) is 5.90. The third-order valence-corrected chi connectivity index (χ3v) is 4.45. The molecule has 1 aliphatic heterocycles. The van der Waals surface area contributed by atoms with Crippen LogP contribution in [0.1, 0.15) is 55.4 Å². The lowest BCUT2D eigenvalue weighted by Gasteiger charge is -2.27. The van der Waals surface area contributed by atoms with Gasteiger partial charge in [-0.15, -0.1) is 0 Å². The van der Waals surface area contributed by atoms with Crippen LogP contribution in [-0.4, -0.2) is 27.3 Å². The van der Waals surface area contributed by atoms with Crippen LogP contribution < -0.4 is 5.32 Å². The Hall–Kier alpha value is -1.08. The quantitative estimate of drug-likeness (QED) is 0.783. The monoisotopic (exact) mass is 303 g/mol. The third-order valence-electron chi connectivity index (χ3n) is 4.45. The first-order valence-corrected chi connectivity index (χ1v) is 7.54. The number of aliphatic hydroxyl groups excluding tert-OH is 1. The minimum Gasteiger partial charge on any atom is -0.391 e. The maximum absolute atomic E-state index is 13.3.